The van der Waals surface area contributed by atoms with Crippen molar-refractivity contribution in [3.05, 3.63) is 20.3 Å². The molecular formula is C9H13Cl2NO2S2. The third kappa shape index (κ3) is 4.22. The van der Waals surface area contributed by atoms with Crippen molar-refractivity contribution in [2.75, 3.05) is 18.6 Å². The predicted octanol–water partition coefficient (Wildman–Crippen LogP) is 2.75. The van der Waals surface area contributed by atoms with Crippen LogP contribution in [0.5, 0.6) is 0 Å². The highest BCUT2D eigenvalue weighted by atomic mass is 35.5. The lowest BCUT2D eigenvalue weighted by atomic mass is 10.2. The Hall–Kier alpha value is 0.190. The quantitative estimate of drug-likeness (QED) is 0.909. The van der Waals surface area contributed by atoms with Crippen LogP contribution >= 0.6 is 34.5 Å². The fraction of sp³-hybridized carbons (Fsp3) is 0.556. The summed E-state index contributed by atoms with van der Waals surface area (Å²) >= 11 is 13.1. The van der Waals surface area contributed by atoms with Gasteiger partial charge >= 0.3 is 0 Å². The van der Waals surface area contributed by atoms with Crippen LogP contribution in [0.3, 0.4) is 0 Å². The van der Waals surface area contributed by atoms with E-state index >= 15 is 0 Å². The highest BCUT2D eigenvalue weighted by Gasteiger charge is 2.20. The molecule has 0 spiro atoms. The third-order valence-electron chi connectivity index (χ3n) is 1.98. The van der Waals surface area contributed by atoms with E-state index in [2.05, 4.69) is 5.32 Å². The molecule has 1 aromatic rings. The van der Waals surface area contributed by atoms with Gasteiger partial charge in [-0.2, -0.15) is 0 Å². The number of halogens is 2. The van der Waals surface area contributed by atoms with Gasteiger partial charge in [-0.1, -0.05) is 30.1 Å². The van der Waals surface area contributed by atoms with Gasteiger partial charge in [-0.3, -0.25) is 0 Å². The van der Waals surface area contributed by atoms with E-state index in [0.717, 1.165) is 5.56 Å². The zero-order chi connectivity index (χ0) is 12.3. The van der Waals surface area contributed by atoms with E-state index in [-0.39, 0.29) is 11.8 Å². The van der Waals surface area contributed by atoms with Crippen LogP contribution in [0.15, 0.2) is 6.07 Å². The first-order valence-electron chi connectivity index (χ1n) is 4.69. The molecule has 0 aromatic carbocycles. The Morgan fingerprint density at radius 3 is 2.50 bits per heavy atom. The summed E-state index contributed by atoms with van der Waals surface area (Å²) in [5, 5.41) is 3.09. The van der Waals surface area contributed by atoms with E-state index in [1.807, 2.05) is 6.92 Å². The van der Waals surface area contributed by atoms with Crippen LogP contribution in [0, 0.1) is 0 Å². The summed E-state index contributed by atoms with van der Waals surface area (Å²) in [5.74, 6) is 0.0215. The average Bonchev–Trinajstić information content (AvgIpc) is 2.42. The van der Waals surface area contributed by atoms with Crippen LogP contribution in [-0.4, -0.2) is 27.0 Å². The number of thiophene rings is 1. The molecule has 0 aliphatic carbocycles. The van der Waals surface area contributed by atoms with Gasteiger partial charge in [-0.05, 0) is 12.6 Å². The number of hydrogen-bond acceptors (Lipinski definition) is 4. The predicted molar refractivity (Wildman–Crippen MR) is 70.5 cm³/mol. The largest absolute Gasteiger partial charge is 0.309 e. The Morgan fingerprint density at radius 2 is 2.12 bits per heavy atom. The zero-order valence-corrected chi connectivity index (χ0v) is 12.1. The number of nitrogens with one attached hydrogen (secondary N) is 1. The molecule has 1 heterocycles. The summed E-state index contributed by atoms with van der Waals surface area (Å²) in [5.41, 5.74) is 0.754. The molecule has 1 N–H and O–H groups in total. The molecule has 3 nitrogen and oxygen atoms in total. The molecule has 0 fully saturated rings. The first-order valence-corrected chi connectivity index (χ1v) is 8.32. The first-order chi connectivity index (χ1) is 7.33. The van der Waals surface area contributed by atoms with Crippen molar-refractivity contribution in [3.8, 4) is 0 Å². The van der Waals surface area contributed by atoms with Crippen LogP contribution in [0.25, 0.3) is 0 Å². The minimum atomic E-state index is -3.06. The molecule has 1 unspecified atom stereocenters. The number of hydrogen-bond donors (Lipinski definition) is 1. The molecule has 0 aliphatic rings. The monoisotopic (exact) mass is 301 g/mol. The van der Waals surface area contributed by atoms with Gasteiger partial charge in [0.15, 0.2) is 0 Å². The molecule has 1 aromatic heterocycles. The van der Waals surface area contributed by atoms with E-state index < -0.39 is 9.84 Å². The second kappa shape index (κ2) is 5.69. The van der Waals surface area contributed by atoms with Crippen molar-refractivity contribution in [2.45, 2.75) is 13.0 Å². The molecular weight excluding hydrogens is 289 g/mol. The molecule has 1 rings (SSSR count). The summed E-state index contributed by atoms with van der Waals surface area (Å²) in [6, 6.07) is 1.42. The number of sulfone groups is 1. The standard InChI is InChI=1S/C9H13Cl2NO2S2/c1-3-12-7(5-16(2,13)14)6-4-8(10)15-9(6)11/h4,7,12H,3,5H2,1-2H3. The van der Waals surface area contributed by atoms with Crippen molar-refractivity contribution in [1.29, 1.82) is 0 Å². The Balaban J connectivity index is 2.98. The summed E-state index contributed by atoms with van der Waals surface area (Å²) in [6.45, 7) is 2.58. The Kier molecular flexibility index (Phi) is 5.07. The highest BCUT2D eigenvalue weighted by molar-refractivity contribution is 7.90. The lowest BCUT2D eigenvalue weighted by Gasteiger charge is -2.16. The topological polar surface area (TPSA) is 46.2 Å². The van der Waals surface area contributed by atoms with E-state index in [1.165, 1.54) is 17.6 Å². The zero-order valence-electron chi connectivity index (χ0n) is 8.96. The highest BCUT2D eigenvalue weighted by Crippen LogP contribution is 2.35. The summed E-state index contributed by atoms with van der Waals surface area (Å²) in [4.78, 5) is 0. The van der Waals surface area contributed by atoms with Gasteiger partial charge in [0.2, 0.25) is 0 Å². The summed E-state index contributed by atoms with van der Waals surface area (Å²) in [7, 11) is -3.06. The molecule has 0 aliphatic heterocycles. The lowest BCUT2D eigenvalue weighted by molar-refractivity contribution is 0.564. The molecule has 0 amide bonds. The fourth-order valence-electron chi connectivity index (χ4n) is 1.40. The minimum absolute atomic E-state index is 0.0215. The molecule has 0 saturated carbocycles. The van der Waals surface area contributed by atoms with Gasteiger partial charge in [0.05, 0.1) is 14.4 Å². The normalized spacial score (nSPS) is 14.0. The minimum Gasteiger partial charge on any atom is -0.309 e. The first kappa shape index (κ1) is 14.3. The van der Waals surface area contributed by atoms with Gasteiger partial charge in [0.1, 0.15) is 9.84 Å². The second-order valence-electron chi connectivity index (χ2n) is 3.48. The van der Waals surface area contributed by atoms with Crippen molar-refractivity contribution in [1.82, 2.24) is 5.32 Å². The van der Waals surface area contributed by atoms with Crippen LogP contribution in [0.1, 0.15) is 18.5 Å². The Morgan fingerprint density at radius 1 is 1.50 bits per heavy atom. The molecule has 16 heavy (non-hydrogen) atoms. The third-order valence-corrected chi connectivity index (χ3v) is 4.44. The van der Waals surface area contributed by atoms with Crippen LogP contribution < -0.4 is 5.32 Å². The maximum absolute atomic E-state index is 11.3. The smallest absolute Gasteiger partial charge is 0.149 e. The Labute approximate surface area is 110 Å². The summed E-state index contributed by atoms with van der Waals surface area (Å²) in [6.07, 6.45) is 1.21. The van der Waals surface area contributed by atoms with Gasteiger partial charge in [0, 0.05) is 17.9 Å². The van der Waals surface area contributed by atoms with E-state index in [0.29, 0.717) is 15.2 Å². The molecule has 7 heteroatoms. The fourth-order valence-corrected chi connectivity index (χ4v) is 3.88. The molecule has 1 atom stereocenters. The van der Waals surface area contributed by atoms with E-state index in [4.69, 9.17) is 23.2 Å². The van der Waals surface area contributed by atoms with Crippen LogP contribution in [0.2, 0.25) is 8.67 Å². The van der Waals surface area contributed by atoms with Gasteiger partial charge in [-0.15, -0.1) is 11.3 Å². The molecule has 0 saturated heterocycles. The van der Waals surface area contributed by atoms with Crippen molar-refractivity contribution in [3.63, 3.8) is 0 Å². The number of rotatable bonds is 5. The van der Waals surface area contributed by atoms with Crippen LogP contribution in [-0.2, 0) is 9.84 Å². The van der Waals surface area contributed by atoms with E-state index in [9.17, 15) is 8.42 Å². The average molecular weight is 302 g/mol. The second-order valence-corrected chi connectivity index (χ2v) is 7.95. The van der Waals surface area contributed by atoms with E-state index in [1.54, 1.807) is 6.07 Å². The molecule has 0 bridgehead atoms. The van der Waals surface area contributed by atoms with Crippen LogP contribution in [0.4, 0.5) is 0 Å². The van der Waals surface area contributed by atoms with Gasteiger partial charge in [-0.25, -0.2) is 8.42 Å². The van der Waals surface area contributed by atoms with Gasteiger partial charge < -0.3 is 5.32 Å². The lowest BCUT2D eigenvalue weighted by Crippen LogP contribution is -2.27. The maximum atomic E-state index is 11.3. The maximum Gasteiger partial charge on any atom is 0.149 e. The molecule has 92 valence electrons. The Bertz CT molecular complexity index is 456. The SMILES string of the molecule is CCNC(CS(C)(=O)=O)c1cc(Cl)sc1Cl. The molecule has 0 radical (unpaired) electrons. The van der Waals surface area contributed by atoms with Crippen molar-refractivity contribution >= 4 is 44.4 Å². The van der Waals surface area contributed by atoms with Crippen molar-refractivity contribution < 1.29 is 8.42 Å². The summed E-state index contributed by atoms with van der Waals surface area (Å²) < 4.78 is 23.7. The van der Waals surface area contributed by atoms with Crippen molar-refractivity contribution in [2.24, 2.45) is 0 Å². The van der Waals surface area contributed by atoms with Gasteiger partial charge in [0.25, 0.3) is 0 Å².